The Balaban J connectivity index is 4.37. The van der Waals surface area contributed by atoms with Crippen LogP contribution in [-0.4, -0.2) is 47.3 Å². The average molecular weight is 232 g/mol. The number of nitrogens with two attached hydrogens (primary N) is 1. The first-order valence-corrected chi connectivity index (χ1v) is 5.16. The Bertz CT molecular complexity index is 248. The summed E-state index contributed by atoms with van der Waals surface area (Å²) >= 11 is 0. The number of carboxylic acids is 1. The summed E-state index contributed by atoms with van der Waals surface area (Å²) in [5.74, 6) is -1.07. The van der Waals surface area contributed by atoms with Gasteiger partial charge in [-0.15, -0.1) is 0 Å². The summed E-state index contributed by atoms with van der Waals surface area (Å²) in [6.07, 6.45) is -0.0738. The minimum atomic E-state index is -1.07. The van der Waals surface area contributed by atoms with Crippen LogP contribution >= 0.6 is 0 Å². The zero-order chi connectivity index (χ0) is 12.8. The molecule has 0 fully saturated rings. The topological polar surface area (TPSA) is 92.9 Å². The second kappa shape index (κ2) is 6.32. The van der Waals surface area contributed by atoms with Gasteiger partial charge in [0.2, 0.25) is 0 Å². The average Bonchev–Trinajstić information content (AvgIpc) is 2.08. The molecule has 0 rings (SSSR count). The summed E-state index contributed by atoms with van der Waals surface area (Å²) < 4.78 is 5.08. The van der Waals surface area contributed by atoms with E-state index in [0.717, 1.165) is 4.90 Å². The smallest absolute Gasteiger partial charge is 0.410 e. The van der Waals surface area contributed by atoms with Crippen LogP contribution in [0.1, 0.15) is 27.2 Å². The van der Waals surface area contributed by atoms with Gasteiger partial charge in [0.15, 0.2) is 0 Å². The fourth-order valence-electron chi connectivity index (χ4n) is 1.01. The van der Waals surface area contributed by atoms with E-state index in [2.05, 4.69) is 0 Å². The molecule has 6 nitrogen and oxygen atoms in total. The highest BCUT2D eigenvalue weighted by Crippen LogP contribution is 2.10. The van der Waals surface area contributed by atoms with E-state index in [1.165, 1.54) is 0 Å². The van der Waals surface area contributed by atoms with Crippen LogP contribution in [0.3, 0.4) is 0 Å². The van der Waals surface area contributed by atoms with Crippen LogP contribution in [0.4, 0.5) is 4.79 Å². The molecule has 0 bridgehead atoms. The molecule has 0 heterocycles. The van der Waals surface area contributed by atoms with Crippen molar-refractivity contribution in [3.63, 3.8) is 0 Å². The van der Waals surface area contributed by atoms with Gasteiger partial charge in [-0.2, -0.15) is 0 Å². The molecular weight excluding hydrogens is 212 g/mol. The molecule has 0 saturated carbocycles. The number of ether oxygens (including phenoxy) is 1. The highest BCUT2D eigenvalue weighted by molar-refractivity contribution is 5.76. The molecular formula is C10H20N2O4. The number of carbonyl (C=O) groups excluding carboxylic acids is 1. The van der Waals surface area contributed by atoms with Crippen molar-refractivity contribution in [1.82, 2.24) is 4.90 Å². The first-order valence-electron chi connectivity index (χ1n) is 5.16. The van der Waals surface area contributed by atoms with Gasteiger partial charge in [-0.05, 0) is 33.7 Å². The van der Waals surface area contributed by atoms with E-state index in [0.29, 0.717) is 13.0 Å². The molecule has 0 saturated heterocycles. The van der Waals surface area contributed by atoms with Crippen molar-refractivity contribution in [3.05, 3.63) is 0 Å². The van der Waals surface area contributed by atoms with Crippen LogP contribution in [0.25, 0.3) is 0 Å². The van der Waals surface area contributed by atoms with Gasteiger partial charge in [0.1, 0.15) is 12.1 Å². The molecule has 0 aliphatic carbocycles. The van der Waals surface area contributed by atoms with E-state index in [4.69, 9.17) is 15.6 Å². The first-order chi connectivity index (χ1) is 7.26. The molecule has 94 valence electrons. The second-order valence-corrected chi connectivity index (χ2v) is 4.44. The normalized spacial score (nSPS) is 11.0. The van der Waals surface area contributed by atoms with Crippen LogP contribution in [0.5, 0.6) is 0 Å². The Morgan fingerprint density at radius 2 is 1.94 bits per heavy atom. The van der Waals surface area contributed by atoms with Gasteiger partial charge in [-0.1, -0.05) is 0 Å². The number of carboxylic acid groups (broad SMARTS) is 1. The molecule has 0 aromatic heterocycles. The van der Waals surface area contributed by atoms with Crippen molar-refractivity contribution >= 4 is 12.1 Å². The molecule has 0 aliphatic rings. The quantitative estimate of drug-likeness (QED) is 0.726. The molecule has 0 aliphatic heterocycles. The Kier molecular flexibility index (Phi) is 5.81. The molecule has 6 heteroatoms. The van der Waals surface area contributed by atoms with Gasteiger partial charge >= 0.3 is 12.1 Å². The Morgan fingerprint density at radius 3 is 2.31 bits per heavy atom. The van der Waals surface area contributed by atoms with E-state index in [9.17, 15) is 9.59 Å². The van der Waals surface area contributed by atoms with E-state index in [1.807, 2.05) is 0 Å². The van der Waals surface area contributed by atoms with Crippen molar-refractivity contribution < 1.29 is 19.4 Å². The Morgan fingerprint density at radius 1 is 1.38 bits per heavy atom. The Hall–Kier alpha value is -1.30. The van der Waals surface area contributed by atoms with Gasteiger partial charge in [-0.3, -0.25) is 9.69 Å². The minimum absolute atomic E-state index is 0.289. The lowest BCUT2D eigenvalue weighted by molar-refractivity contribution is -0.138. The van der Waals surface area contributed by atoms with Crippen molar-refractivity contribution in [2.45, 2.75) is 32.8 Å². The molecule has 0 atom stereocenters. The lowest BCUT2D eigenvalue weighted by Gasteiger charge is -2.26. The van der Waals surface area contributed by atoms with Gasteiger partial charge < -0.3 is 15.6 Å². The van der Waals surface area contributed by atoms with E-state index < -0.39 is 17.7 Å². The summed E-state index contributed by atoms with van der Waals surface area (Å²) in [4.78, 5) is 23.3. The largest absolute Gasteiger partial charge is 0.480 e. The number of aliphatic carboxylic acids is 1. The van der Waals surface area contributed by atoms with Gasteiger partial charge in [0.25, 0.3) is 0 Å². The predicted octanol–water partition coefficient (Wildman–Crippen LogP) is 0.657. The molecule has 1 amide bonds. The van der Waals surface area contributed by atoms with Crippen molar-refractivity contribution in [3.8, 4) is 0 Å². The van der Waals surface area contributed by atoms with E-state index in [1.54, 1.807) is 20.8 Å². The van der Waals surface area contributed by atoms with Crippen LogP contribution in [0.15, 0.2) is 0 Å². The lowest BCUT2D eigenvalue weighted by Crippen LogP contribution is -2.40. The number of amides is 1. The van der Waals surface area contributed by atoms with Crippen molar-refractivity contribution in [2.75, 3.05) is 19.6 Å². The van der Waals surface area contributed by atoms with Gasteiger partial charge in [-0.25, -0.2) is 4.79 Å². The Labute approximate surface area is 95.4 Å². The van der Waals surface area contributed by atoms with Crippen LogP contribution in [0.2, 0.25) is 0 Å². The summed E-state index contributed by atoms with van der Waals surface area (Å²) in [5.41, 5.74) is 4.68. The zero-order valence-electron chi connectivity index (χ0n) is 10.0. The number of hydrogen-bond acceptors (Lipinski definition) is 4. The summed E-state index contributed by atoms with van der Waals surface area (Å²) in [7, 11) is 0. The molecule has 0 radical (unpaired) electrons. The number of nitrogens with zero attached hydrogens (tertiary/aromatic N) is 1. The fourth-order valence-corrected chi connectivity index (χ4v) is 1.01. The fraction of sp³-hybridized carbons (Fsp3) is 0.800. The van der Waals surface area contributed by atoms with Crippen molar-refractivity contribution in [2.24, 2.45) is 5.73 Å². The molecule has 0 spiro atoms. The third-order valence-corrected chi connectivity index (χ3v) is 1.61. The van der Waals surface area contributed by atoms with Gasteiger partial charge in [0.05, 0.1) is 0 Å². The maximum Gasteiger partial charge on any atom is 0.410 e. The molecule has 0 unspecified atom stereocenters. The standard InChI is InChI=1S/C10H20N2O4/c1-10(2,3)16-9(15)12(6-4-5-11)7-8(13)14/h4-7,11H2,1-3H3,(H,13,14). The van der Waals surface area contributed by atoms with Crippen molar-refractivity contribution in [1.29, 1.82) is 0 Å². The third kappa shape index (κ3) is 7.05. The first kappa shape index (κ1) is 14.7. The van der Waals surface area contributed by atoms with E-state index >= 15 is 0 Å². The van der Waals surface area contributed by atoms with E-state index in [-0.39, 0.29) is 13.1 Å². The summed E-state index contributed by atoms with van der Waals surface area (Å²) in [6, 6.07) is 0. The molecule has 0 aromatic rings. The number of rotatable bonds is 5. The maximum absolute atomic E-state index is 11.6. The van der Waals surface area contributed by atoms with Gasteiger partial charge in [0, 0.05) is 6.54 Å². The molecule has 3 N–H and O–H groups in total. The number of hydrogen-bond donors (Lipinski definition) is 2. The monoisotopic (exact) mass is 232 g/mol. The maximum atomic E-state index is 11.6. The predicted molar refractivity (Wildman–Crippen MR) is 59.1 cm³/mol. The lowest BCUT2D eigenvalue weighted by atomic mass is 10.2. The summed E-state index contributed by atoms with van der Waals surface area (Å²) in [5, 5.41) is 8.65. The van der Waals surface area contributed by atoms with Crippen LogP contribution in [0, 0.1) is 0 Å². The second-order valence-electron chi connectivity index (χ2n) is 4.44. The minimum Gasteiger partial charge on any atom is -0.480 e. The highest BCUT2D eigenvalue weighted by Gasteiger charge is 2.23. The third-order valence-electron chi connectivity index (χ3n) is 1.61. The highest BCUT2D eigenvalue weighted by atomic mass is 16.6. The molecule has 0 aromatic carbocycles. The number of carbonyl (C=O) groups is 2. The van der Waals surface area contributed by atoms with Crippen LogP contribution in [-0.2, 0) is 9.53 Å². The zero-order valence-corrected chi connectivity index (χ0v) is 10.0. The summed E-state index contributed by atoms with van der Waals surface area (Å²) in [6.45, 7) is 5.51. The SMILES string of the molecule is CC(C)(C)OC(=O)N(CCCN)CC(=O)O. The molecule has 16 heavy (non-hydrogen) atoms. The van der Waals surface area contributed by atoms with Crippen LogP contribution < -0.4 is 5.73 Å².